The minimum absolute atomic E-state index is 0.0346. The molecule has 1 unspecified atom stereocenters. The Bertz CT molecular complexity index is 225. The molecule has 0 bridgehead atoms. The number of hydrogen-bond acceptors (Lipinski definition) is 2. The van der Waals surface area contributed by atoms with Gasteiger partial charge in [0.25, 0.3) is 0 Å². The highest BCUT2D eigenvalue weighted by molar-refractivity contribution is 9.09. The number of aromatic nitrogens is 1. The van der Waals surface area contributed by atoms with Crippen LogP contribution in [0, 0.1) is 5.92 Å². The highest BCUT2D eigenvalue weighted by Gasteiger charge is 2.10. The van der Waals surface area contributed by atoms with E-state index in [1.807, 2.05) is 18.2 Å². The molecule has 0 aliphatic rings. The topological polar surface area (TPSA) is 22.1 Å². The maximum atomic E-state index is 5.48. The number of pyridine rings is 1. The summed E-state index contributed by atoms with van der Waals surface area (Å²) in [4.78, 5) is 4.05. The normalized spacial score (nSPS) is 13.0. The molecule has 0 fully saturated rings. The molecule has 1 heterocycles. The van der Waals surface area contributed by atoms with Gasteiger partial charge in [-0.25, -0.2) is 4.98 Å². The number of nitrogens with zero attached hydrogens (tertiary/aromatic N) is 1. The van der Waals surface area contributed by atoms with Crippen molar-refractivity contribution in [3.05, 3.63) is 24.4 Å². The van der Waals surface area contributed by atoms with Gasteiger partial charge in [-0.05, 0) is 22.0 Å². The largest absolute Gasteiger partial charge is 0.462 e. The number of alkyl halides is 1. The third-order valence-electron chi connectivity index (χ3n) is 1.40. The molecule has 66 valence electrons. The first-order valence-electron chi connectivity index (χ1n) is 3.92. The second-order valence-corrected chi connectivity index (χ2v) is 3.78. The molecule has 1 rings (SSSR count). The Kier molecular flexibility index (Phi) is 3.53. The molecule has 0 spiro atoms. The molecule has 0 saturated heterocycles. The zero-order valence-corrected chi connectivity index (χ0v) is 8.78. The second-order valence-electron chi connectivity index (χ2n) is 2.88. The first-order chi connectivity index (χ1) is 5.70. The van der Waals surface area contributed by atoms with E-state index in [9.17, 15) is 0 Å². The van der Waals surface area contributed by atoms with Gasteiger partial charge in [-0.2, -0.15) is 0 Å². The van der Waals surface area contributed by atoms with Gasteiger partial charge < -0.3 is 4.74 Å². The van der Waals surface area contributed by atoms with E-state index >= 15 is 0 Å². The summed E-state index contributed by atoms with van der Waals surface area (Å²) in [5.41, 5.74) is 0. The molecule has 1 aromatic rings. The van der Waals surface area contributed by atoms with Crippen molar-refractivity contribution in [3.63, 3.8) is 0 Å². The molecule has 2 nitrogen and oxygen atoms in total. The first kappa shape index (κ1) is 9.52. The molecule has 0 radical (unpaired) electrons. The fraction of sp³-hybridized carbons (Fsp3) is 0.444. The van der Waals surface area contributed by atoms with Gasteiger partial charge in [0.1, 0.15) is 0 Å². The summed E-state index contributed by atoms with van der Waals surface area (Å²) < 4.78 is 5.48. The Balaban J connectivity index is 2.53. The lowest BCUT2D eigenvalue weighted by Crippen LogP contribution is -2.15. The van der Waals surface area contributed by atoms with E-state index in [2.05, 4.69) is 34.8 Å². The molecule has 1 atom stereocenters. The van der Waals surface area contributed by atoms with Crippen molar-refractivity contribution in [2.75, 3.05) is 0 Å². The highest BCUT2D eigenvalue weighted by Crippen LogP contribution is 2.16. The summed E-state index contributed by atoms with van der Waals surface area (Å²) in [6, 6.07) is 5.62. The molecule has 0 aromatic carbocycles. The maximum absolute atomic E-state index is 5.48. The average molecular weight is 230 g/mol. The number of hydrogen-bond donors (Lipinski definition) is 0. The van der Waals surface area contributed by atoms with Crippen LogP contribution in [-0.2, 0) is 0 Å². The van der Waals surface area contributed by atoms with E-state index in [4.69, 9.17) is 4.74 Å². The Hall–Kier alpha value is -0.570. The maximum Gasteiger partial charge on any atom is 0.214 e. The van der Waals surface area contributed by atoms with Gasteiger partial charge in [-0.3, -0.25) is 0 Å². The van der Waals surface area contributed by atoms with Crippen molar-refractivity contribution in [3.8, 4) is 5.88 Å². The average Bonchev–Trinajstić information content (AvgIpc) is 2.06. The van der Waals surface area contributed by atoms with E-state index in [1.54, 1.807) is 6.20 Å². The lowest BCUT2D eigenvalue weighted by atomic mass is 10.2. The summed E-state index contributed by atoms with van der Waals surface area (Å²) in [5.74, 6) is 1.10. The van der Waals surface area contributed by atoms with E-state index in [-0.39, 0.29) is 5.01 Å². The Labute approximate surface area is 81.1 Å². The summed E-state index contributed by atoms with van der Waals surface area (Å²) in [6.45, 7) is 4.17. The summed E-state index contributed by atoms with van der Waals surface area (Å²) >= 11 is 3.42. The van der Waals surface area contributed by atoms with Crippen molar-refractivity contribution in [2.24, 2.45) is 5.92 Å². The zero-order valence-electron chi connectivity index (χ0n) is 7.20. The van der Waals surface area contributed by atoms with Crippen molar-refractivity contribution in [2.45, 2.75) is 18.9 Å². The first-order valence-corrected chi connectivity index (χ1v) is 4.83. The molecular weight excluding hydrogens is 218 g/mol. The van der Waals surface area contributed by atoms with Crippen LogP contribution >= 0.6 is 15.9 Å². The molecule has 0 amide bonds. The van der Waals surface area contributed by atoms with Crippen molar-refractivity contribution in [1.29, 1.82) is 0 Å². The van der Waals surface area contributed by atoms with Gasteiger partial charge >= 0.3 is 0 Å². The second kappa shape index (κ2) is 4.45. The van der Waals surface area contributed by atoms with Crippen LogP contribution in [0.4, 0.5) is 0 Å². The fourth-order valence-corrected chi connectivity index (χ4v) is 0.860. The lowest BCUT2D eigenvalue weighted by Gasteiger charge is -2.14. The number of halogens is 1. The van der Waals surface area contributed by atoms with Crippen molar-refractivity contribution in [1.82, 2.24) is 4.98 Å². The molecule has 0 aliphatic carbocycles. The lowest BCUT2D eigenvalue weighted by molar-refractivity contribution is 0.234. The summed E-state index contributed by atoms with van der Waals surface area (Å²) in [7, 11) is 0. The van der Waals surface area contributed by atoms with Gasteiger partial charge in [-0.15, -0.1) is 0 Å². The molecule has 0 N–H and O–H groups in total. The third kappa shape index (κ3) is 2.81. The molecule has 3 heteroatoms. The van der Waals surface area contributed by atoms with Gasteiger partial charge in [0.05, 0.1) is 0 Å². The van der Waals surface area contributed by atoms with E-state index < -0.39 is 0 Å². The van der Waals surface area contributed by atoms with Crippen LogP contribution in [0.3, 0.4) is 0 Å². The molecule has 0 aliphatic heterocycles. The van der Waals surface area contributed by atoms with E-state index in [1.165, 1.54) is 0 Å². The minimum atomic E-state index is 0.0346. The Morgan fingerprint density at radius 1 is 1.42 bits per heavy atom. The van der Waals surface area contributed by atoms with E-state index in [0.717, 1.165) is 0 Å². The van der Waals surface area contributed by atoms with Crippen LogP contribution in [0.25, 0.3) is 0 Å². The third-order valence-corrected chi connectivity index (χ3v) is 2.64. The van der Waals surface area contributed by atoms with Crippen LogP contribution < -0.4 is 4.74 Å². The monoisotopic (exact) mass is 229 g/mol. The number of rotatable bonds is 3. The molecule has 0 saturated carbocycles. The van der Waals surface area contributed by atoms with Gasteiger partial charge in [0.15, 0.2) is 5.01 Å². The zero-order chi connectivity index (χ0) is 8.97. The van der Waals surface area contributed by atoms with Crippen molar-refractivity contribution < 1.29 is 4.74 Å². The predicted molar refractivity (Wildman–Crippen MR) is 52.4 cm³/mol. The van der Waals surface area contributed by atoms with E-state index in [0.29, 0.717) is 11.8 Å². The fourth-order valence-electron chi connectivity index (χ4n) is 0.668. The standard InChI is InChI=1S/C9H12BrNO/c1-7(2)9(10)12-8-5-3-4-6-11-8/h3-7,9H,1-2H3. The SMILES string of the molecule is CC(C)C(Br)Oc1ccccn1. The Morgan fingerprint density at radius 2 is 2.17 bits per heavy atom. The van der Waals surface area contributed by atoms with Gasteiger partial charge in [0, 0.05) is 18.2 Å². The number of ether oxygens (including phenoxy) is 1. The summed E-state index contributed by atoms with van der Waals surface area (Å²) in [5, 5.41) is 0.0346. The molecular formula is C9H12BrNO. The molecule has 12 heavy (non-hydrogen) atoms. The van der Waals surface area contributed by atoms with Crippen LogP contribution in [-0.4, -0.2) is 10.00 Å². The van der Waals surface area contributed by atoms with Gasteiger partial charge in [-0.1, -0.05) is 19.9 Å². The minimum Gasteiger partial charge on any atom is -0.462 e. The van der Waals surface area contributed by atoms with Crippen LogP contribution in [0.15, 0.2) is 24.4 Å². The van der Waals surface area contributed by atoms with Gasteiger partial charge in [0.2, 0.25) is 5.88 Å². The predicted octanol–water partition coefficient (Wildman–Crippen LogP) is 2.84. The van der Waals surface area contributed by atoms with Crippen LogP contribution in [0.1, 0.15) is 13.8 Å². The molecule has 1 aromatic heterocycles. The highest BCUT2D eigenvalue weighted by atomic mass is 79.9. The van der Waals surface area contributed by atoms with Crippen LogP contribution in [0.5, 0.6) is 5.88 Å². The Morgan fingerprint density at radius 3 is 2.67 bits per heavy atom. The summed E-state index contributed by atoms with van der Waals surface area (Å²) in [6.07, 6.45) is 1.72. The quantitative estimate of drug-likeness (QED) is 0.745. The van der Waals surface area contributed by atoms with Crippen molar-refractivity contribution >= 4 is 15.9 Å². The van der Waals surface area contributed by atoms with Crippen LogP contribution in [0.2, 0.25) is 0 Å². The smallest absolute Gasteiger partial charge is 0.214 e.